The number of nitrogens with zero attached hydrogens (tertiary/aromatic N) is 1. The Morgan fingerprint density at radius 1 is 1.29 bits per heavy atom. The van der Waals surface area contributed by atoms with Crippen LogP contribution < -0.4 is 16.6 Å². The van der Waals surface area contributed by atoms with Gasteiger partial charge in [0.25, 0.3) is 5.96 Å². The number of benzene rings is 1. The van der Waals surface area contributed by atoms with Crippen molar-refractivity contribution in [3.05, 3.63) is 35.9 Å². The van der Waals surface area contributed by atoms with Gasteiger partial charge in [0.1, 0.15) is 0 Å². The molecule has 0 atom stereocenters. The first-order valence-electron chi connectivity index (χ1n) is 4.01. The van der Waals surface area contributed by atoms with Crippen molar-refractivity contribution in [3.8, 4) is 11.8 Å². The minimum Gasteiger partial charge on any atom is -0.365 e. The maximum absolute atomic E-state index is 5.08. The minimum atomic E-state index is -0.0252. The molecule has 0 spiro atoms. The summed E-state index contributed by atoms with van der Waals surface area (Å²) in [6.07, 6.45) is 1.46. The molecule has 0 bridgehead atoms. The molecule has 70 valence electrons. The van der Waals surface area contributed by atoms with Crippen molar-refractivity contribution in [2.24, 2.45) is 16.6 Å². The van der Waals surface area contributed by atoms with Gasteiger partial charge in [-0.15, -0.1) is 0 Å². The van der Waals surface area contributed by atoms with Crippen molar-refractivity contribution < 1.29 is 5.10 Å². The lowest BCUT2D eigenvalue weighted by Crippen LogP contribution is -2.63. The predicted molar refractivity (Wildman–Crippen MR) is 56.2 cm³/mol. The van der Waals surface area contributed by atoms with E-state index < -0.39 is 0 Å². The van der Waals surface area contributed by atoms with Gasteiger partial charge in [-0.05, 0) is 12.1 Å². The molecule has 0 aliphatic carbocycles. The van der Waals surface area contributed by atoms with E-state index in [1.54, 1.807) is 0 Å². The van der Waals surface area contributed by atoms with Gasteiger partial charge in [0, 0.05) is 16.6 Å². The lowest BCUT2D eigenvalue weighted by Gasteiger charge is -1.83. The summed E-state index contributed by atoms with van der Waals surface area (Å²) < 4.78 is 0. The third-order valence-corrected chi connectivity index (χ3v) is 1.32. The molecule has 0 amide bonds. The molecule has 1 rings (SSSR count). The van der Waals surface area contributed by atoms with Crippen LogP contribution in [-0.4, -0.2) is 12.2 Å². The fourth-order valence-electron chi connectivity index (χ4n) is 0.780. The monoisotopic (exact) mass is 187 g/mol. The molecule has 0 fully saturated rings. The average Bonchev–Trinajstić information content (AvgIpc) is 2.18. The fourth-order valence-corrected chi connectivity index (χ4v) is 0.780. The normalized spacial score (nSPS) is 9.14. The second-order valence-electron chi connectivity index (χ2n) is 2.45. The standard InChI is InChI=1S/C10H10N4/c11-10(12)14-13-8-4-7-9-5-2-1-3-6-9/h1-3,5-6,8H,(H4,11,12,14)/p+1/b13-8-. The Kier molecular flexibility index (Phi) is 3.77. The summed E-state index contributed by atoms with van der Waals surface area (Å²) in [7, 11) is 0. The number of hydrogen-bond acceptors (Lipinski definition) is 1. The van der Waals surface area contributed by atoms with E-state index in [0.29, 0.717) is 0 Å². The largest absolute Gasteiger partial charge is 0.365 e. The molecular weight excluding hydrogens is 176 g/mol. The maximum Gasteiger partial charge on any atom is 0.256 e. The molecule has 4 nitrogen and oxygen atoms in total. The van der Waals surface area contributed by atoms with Crippen LogP contribution in [0, 0.1) is 11.8 Å². The molecule has 0 unspecified atom stereocenters. The second kappa shape index (κ2) is 5.38. The SMILES string of the molecule is NC(N)=N/[NH+]=C\C#Cc1ccccc1. The Bertz CT molecular complexity index is 391. The third-order valence-electron chi connectivity index (χ3n) is 1.32. The van der Waals surface area contributed by atoms with Crippen LogP contribution in [-0.2, 0) is 0 Å². The summed E-state index contributed by atoms with van der Waals surface area (Å²) >= 11 is 0. The zero-order chi connectivity index (χ0) is 10.2. The van der Waals surface area contributed by atoms with E-state index in [4.69, 9.17) is 11.5 Å². The molecule has 0 heterocycles. The molecule has 0 aliphatic rings. The number of nitrogens with two attached hydrogens (primary N) is 2. The van der Waals surface area contributed by atoms with Crippen LogP contribution in [0.1, 0.15) is 5.56 Å². The van der Waals surface area contributed by atoms with Crippen LogP contribution in [0.15, 0.2) is 35.4 Å². The first-order valence-corrected chi connectivity index (χ1v) is 4.01. The van der Waals surface area contributed by atoms with Crippen LogP contribution in [0.4, 0.5) is 0 Å². The van der Waals surface area contributed by atoms with Gasteiger partial charge in [-0.25, -0.2) is 0 Å². The van der Waals surface area contributed by atoms with Gasteiger partial charge in [-0.3, -0.25) is 0 Å². The highest BCUT2D eigenvalue weighted by Crippen LogP contribution is 1.93. The predicted octanol–water partition coefficient (Wildman–Crippen LogP) is -1.62. The Balaban J connectivity index is 2.58. The lowest BCUT2D eigenvalue weighted by molar-refractivity contribution is -0.455. The van der Waals surface area contributed by atoms with Crippen LogP contribution in [0.25, 0.3) is 0 Å². The molecule has 1 aromatic rings. The van der Waals surface area contributed by atoms with Crippen LogP contribution in [0.5, 0.6) is 0 Å². The Morgan fingerprint density at radius 3 is 2.64 bits per heavy atom. The van der Waals surface area contributed by atoms with E-state index in [1.807, 2.05) is 30.3 Å². The number of hydrazone groups is 1. The summed E-state index contributed by atoms with van der Waals surface area (Å²) in [5.74, 6) is 5.63. The summed E-state index contributed by atoms with van der Waals surface area (Å²) in [6.45, 7) is 0. The first-order chi connectivity index (χ1) is 6.79. The van der Waals surface area contributed by atoms with E-state index in [-0.39, 0.29) is 5.96 Å². The van der Waals surface area contributed by atoms with Gasteiger partial charge in [0.15, 0.2) is 0 Å². The Morgan fingerprint density at radius 2 is 2.00 bits per heavy atom. The van der Waals surface area contributed by atoms with Gasteiger partial charge in [0.2, 0.25) is 6.21 Å². The number of rotatable bonds is 1. The molecule has 0 saturated carbocycles. The molecule has 0 aliphatic heterocycles. The van der Waals surface area contributed by atoms with Crippen molar-refractivity contribution in [3.63, 3.8) is 0 Å². The van der Waals surface area contributed by atoms with Crippen LogP contribution in [0.3, 0.4) is 0 Å². The number of hydrogen-bond donors (Lipinski definition) is 3. The molecule has 0 saturated heterocycles. The molecule has 5 N–H and O–H groups in total. The lowest BCUT2D eigenvalue weighted by atomic mass is 10.2. The Labute approximate surface area is 82.3 Å². The van der Waals surface area contributed by atoms with E-state index in [2.05, 4.69) is 22.0 Å². The summed E-state index contributed by atoms with van der Waals surface area (Å²) in [5, 5.41) is 6.01. The minimum absolute atomic E-state index is 0.0252. The van der Waals surface area contributed by atoms with Gasteiger partial charge in [-0.2, -0.15) is 0 Å². The number of guanidine groups is 1. The fraction of sp³-hybridized carbons (Fsp3) is 0. The molecule has 0 aromatic heterocycles. The van der Waals surface area contributed by atoms with Crippen molar-refractivity contribution in [2.75, 3.05) is 0 Å². The molecule has 1 aromatic carbocycles. The number of nitrogens with one attached hydrogen (secondary N) is 1. The van der Waals surface area contributed by atoms with E-state index >= 15 is 0 Å². The van der Waals surface area contributed by atoms with Gasteiger partial charge < -0.3 is 11.5 Å². The van der Waals surface area contributed by atoms with E-state index in [0.717, 1.165) is 5.56 Å². The maximum atomic E-state index is 5.08. The Hall–Kier alpha value is -2.28. The summed E-state index contributed by atoms with van der Waals surface area (Å²) in [4.78, 5) is 0. The van der Waals surface area contributed by atoms with Crippen LogP contribution >= 0.6 is 0 Å². The highest BCUT2D eigenvalue weighted by Gasteiger charge is 1.81. The topological polar surface area (TPSA) is 78.4 Å². The van der Waals surface area contributed by atoms with Gasteiger partial charge >= 0.3 is 0 Å². The van der Waals surface area contributed by atoms with Gasteiger partial charge in [-0.1, -0.05) is 29.2 Å². The second-order valence-corrected chi connectivity index (χ2v) is 2.45. The summed E-state index contributed by atoms with van der Waals surface area (Å²) in [6, 6.07) is 9.62. The van der Waals surface area contributed by atoms with E-state index in [9.17, 15) is 0 Å². The molecule has 14 heavy (non-hydrogen) atoms. The molecule has 0 radical (unpaired) electrons. The zero-order valence-corrected chi connectivity index (χ0v) is 7.57. The first kappa shape index (κ1) is 9.81. The van der Waals surface area contributed by atoms with Gasteiger partial charge in [0.05, 0.1) is 0 Å². The van der Waals surface area contributed by atoms with Crippen molar-refractivity contribution in [1.82, 2.24) is 0 Å². The average molecular weight is 187 g/mol. The third kappa shape index (κ3) is 3.93. The smallest absolute Gasteiger partial charge is 0.256 e. The highest BCUT2D eigenvalue weighted by atomic mass is 15.3. The van der Waals surface area contributed by atoms with Crippen molar-refractivity contribution in [1.29, 1.82) is 0 Å². The molecular formula is C10H11N4+. The highest BCUT2D eigenvalue weighted by molar-refractivity contribution is 5.76. The summed E-state index contributed by atoms with van der Waals surface area (Å²) in [5.41, 5.74) is 11.1. The van der Waals surface area contributed by atoms with E-state index in [1.165, 1.54) is 6.21 Å². The van der Waals surface area contributed by atoms with Crippen LogP contribution in [0.2, 0.25) is 0 Å². The van der Waals surface area contributed by atoms with Crippen molar-refractivity contribution in [2.45, 2.75) is 0 Å². The zero-order valence-electron chi connectivity index (χ0n) is 7.57. The molecule has 4 heteroatoms. The quantitative estimate of drug-likeness (QED) is 0.214. The van der Waals surface area contributed by atoms with Crippen molar-refractivity contribution >= 4 is 12.2 Å².